The van der Waals surface area contributed by atoms with Gasteiger partial charge in [0.1, 0.15) is 10.7 Å². The average Bonchev–Trinajstić information content (AvgIpc) is 2.38. The number of halogens is 1. The Balaban J connectivity index is 2.31. The molecule has 0 radical (unpaired) electrons. The number of hydrogen-bond donors (Lipinski definition) is 2. The van der Waals surface area contributed by atoms with E-state index in [1.54, 1.807) is 12.1 Å². The first-order valence-corrected chi connectivity index (χ1v) is 7.42. The van der Waals surface area contributed by atoms with E-state index in [9.17, 15) is 12.8 Å². The van der Waals surface area contributed by atoms with Crippen LogP contribution >= 0.6 is 0 Å². The number of hydrogen-bond acceptors (Lipinski definition) is 4. The van der Waals surface area contributed by atoms with Crippen LogP contribution in [0.3, 0.4) is 0 Å². The molecule has 106 valence electrons. The number of sulfonamides is 1. The number of benzene rings is 1. The first-order valence-electron chi connectivity index (χ1n) is 5.94. The van der Waals surface area contributed by atoms with Crippen molar-refractivity contribution in [2.75, 3.05) is 10.5 Å². The van der Waals surface area contributed by atoms with Gasteiger partial charge in [0.05, 0.1) is 11.9 Å². The fourth-order valence-electron chi connectivity index (χ4n) is 1.73. The molecule has 0 saturated heterocycles. The van der Waals surface area contributed by atoms with E-state index in [-0.39, 0.29) is 4.90 Å². The lowest BCUT2D eigenvalue weighted by Crippen LogP contribution is -2.13. The molecular formula is C13H14FN3O2S. The normalized spacial score (nSPS) is 11.3. The summed E-state index contributed by atoms with van der Waals surface area (Å²) in [4.78, 5) is 3.28. The highest BCUT2D eigenvalue weighted by molar-refractivity contribution is 7.92. The Labute approximate surface area is 116 Å². The summed E-state index contributed by atoms with van der Waals surface area (Å²) in [6.45, 7) is 1.95. The number of nitrogens with zero attached hydrogens (tertiary/aromatic N) is 1. The van der Waals surface area contributed by atoms with Gasteiger partial charge >= 0.3 is 0 Å². The maximum atomic E-state index is 13.0. The lowest BCUT2D eigenvalue weighted by molar-refractivity contribution is 0.592. The van der Waals surface area contributed by atoms with Gasteiger partial charge < -0.3 is 5.73 Å². The third-order valence-electron chi connectivity index (χ3n) is 2.77. The predicted octanol–water partition coefficient (Wildman–Crippen LogP) is 2.17. The Kier molecular flexibility index (Phi) is 3.89. The fourth-order valence-corrected chi connectivity index (χ4v) is 2.76. The second-order valence-electron chi connectivity index (χ2n) is 4.21. The lowest BCUT2D eigenvalue weighted by atomic mass is 10.1. The molecule has 0 aliphatic carbocycles. The topological polar surface area (TPSA) is 85.1 Å². The SMILES string of the molecule is CCc1ccc(NS(=O)(=O)c2cncc(F)c2)cc1N. The summed E-state index contributed by atoms with van der Waals surface area (Å²) in [5.41, 5.74) is 7.57. The maximum absolute atomic E-state index is 13.0. The van der Waals surface area contributed by atoms with E-state index in [4.69, 9.17) is 5.73 Å². The third kappa shape index (κ3) is 3.05. The lowest BCUT2D eigenvalue weighted by Gasteiger charge is -2.10. The standard InChI is InChI=1S/C13H14FN3O2S/c1-2-9-3-4-11(6-13(9)15)17-20(18,19)12-5-10(14)7-16-8-12/h3-8,17H,2,15H2,1H3. The van der Waals surface area contributed by atoms with Crippen LogP contribution in [0.15, 0.2) is 41.6 Å². The van der Waals surface area contributed by atoms with Crippen LogP contribution in [0.5, 0.6) is 0 Å². The Morgan fingerprint density at radius 3 is 2.65 bits per heavy atom. The minimum Gasteiger partial charge on any atom is -0.398 e. The van der Waals surface area contributed by atoms with E-state index in [2.05, 4.69) is 9.71 Å². The van der Waals surface area contributed by atoms with Gasteiger partial charge in [-0.3, -0.25) is 9.71 Å². The van der Waals surface area contributed by atoms with Crippen molar-refractivity contribution in [3.63, 3.8) is 0 Å². The zero-order chi connectivity index (χ0) is 14.8. The van der Waals surface area contributed by atoms with Crippen LogP contribution < -0.4 is 10.5 Å². The summed E-state index contributed by atoms with van der Waals surface area (Å²) >= 11 is 0. The van der Waals surface area contributed by atoms with Crippen LogP contribution in [0.4, 0.5) is 15.8 Å². The Hall–Kier alpha value is -2.15. The van der Waals surface area contributed by atoms with Crippen LogP contribution in [0.2, 0.25) is 0 Å². The zero-order valence-electron chi connectivity index (χ0n) is 10.8. The van der Waals surface area contributed by atoms with Crippen LogP contribution in [0.25, 0.3) is 0 Å². The van der Waals surface area contributed by atoms with E-state index in [0.29, 0.717) is 11.4 Å². The predicted molar refractivity (Wildman–Crippen MR) is 75.2 cm³/mol. The van der Waals surface area contributed by atoms with E-state index in [0.717, 1.165) is 30.4 Å². The first-order chi connectivity index (χ1) is 9.42. The monoisotopic (exact) mass is 295 g/mol. The van der Waals surface area contributed by atoms with E-state index < -0.39 is 15.8 Å². The Morgan fingerprint density at radius 2 is 2.05 bits per heavy atom. The van der Waals surface area contributed by atoms with Crippen LogP contribution in [-0.4, -0.2) is 13.4 Å². The Morgan fingerprint density at radius 1 is 1.30 bits per heavy atom. The summed E-state index contributed by atoms with van der Waals surface area (Å²) in [6.07, 6.45) is 2.77. The minimum absolute atomic E-state index is 0.240. The summed E-state index contributed by atoms with van der Waals surface area (Å²) in [6, 6.07) is 5.79. The van der Waals surface area contributed by atoms with Gasteiger partial charge in [0.15, 0.2) is 0 Å². The molecular weight excluding hydrogens is 281 g/mol. The van der Waals surface area contributed by atoms with E-state index in [1.807, 2.05) is 6.92 Å². The number of pyridine rings is 1. The van der Waals surface area contributed by atoms with Gasteiger partial charge in [-0.15, -0.1) is 0 Å². The second kappa shape index (κ2) is 5.46. The highest BCUT2D eigenvalue weighted by Crippen LogP contribution is 2.21. The number of anilines is 2. The quantitative estimate of drug-likeness (QED) is 0.846. The fraction of sp³-hybridized carbons (Fsp3) is 0.154. The Bertz CT molecular complexity index is 732. The van der Waals surface area contributed by atoms with Crippen molar-refractivity contribution in [3.05, 3.63) is 48.0 Å². The molecule has 2 aromatic rings. The van der Waals surface area contributed by atoms with Gasteiger partial charge in [0, 0.05) is 11.9 Å². The van der Waals surface area contributed by atoms with Crippen LogP contribution in [0.1, 0.15) is 12.5 Å². The smallest absolute Gasteiger partial charge is 0.263 e. The molecule has 5 nitrogen and oxygen atoms in total. The van der Waals surface area contributed by atoms with Crippen molar-refractivity contribution >= 4 is 21.4 Å². The van der Waals surface area contributed by atoms with Crippen LogP contribution in [-0.2, 0) is 16.4 Å². The molecule has 0 aliphatic rings. The minimum atomic E-state index is -3.88. The molecule has 0 atom stereocenters. The average molecular weight is 295 g/mol. The number of nitrogen functional groups attached to an aromatic ring is 1. The van der Waals surface area contributed by atoms with Gasteiger partial charge in [-0.2, -0.15) is 0 Å². The summed E-state index contributed by atoms with van der Waals surface area (Å²) in [5, 5.41) is 0. The summed E-state index contributed by atoms with van der Waals surface area (Å²) in [7, 11) is -3.88. The van der Waals surface area contributed by atoms with Gasteiger partial charge in [-0.1, -0.05) is 13.0 Å². The van der Waals surface area contributed by atoms with Crippen molar-refractivity contribution in [3.8, 4) is 0 Å². The van der Waals surface area contributed by atoms with Gasteiger partial charge in [0.25, 0.3) is 10.0 Å². The molecule has 20 heavy (non-hydrogen) atoms. The van der Waals surface area contributed by atoms with Gasteiger partial charge in [-0.25, -0.2) is 12.8 Å². The molecule has 1 aromatic heterocycles. The van der Waals surface area contributed by atoms with Crippen molar-refractivity contribution in [2.24, 2.45) is 0 Å². The van der Waals surface area contributed by atoms with Gasteiger partial charge in [-0.05, 0) is 30.2 Å². The zero-order valence-corrected chi connectivity index (χ0v) is 11.6. The second-order valence-corrected chi connectivity index (χ2v) is 5.89. The maximum Gasteiger partial charge on any atom is 0.263 e. The highest BCUT2D eigenvalue weighted by atomic mass is 32.2. The molecule has 3 N–H and O–H groups in total. The molecule has 0 aliphatic heterocycles. The molecule has 2 rings (SSSR count). The number of aryl methyl sites for hydroxylation is 1. The third-order valence-corrected chi connectivity index (χ3v) is 4.12. The van der Waals surface area contributed by atoms with Gasteiger partial charge in [0.2, 0.25) is 0 Å². The van der Waals surface area contributed by atoms with E-state index in [1.165, 1.54) is 6.07 Å². The molecule has 1 heterocycles. The van der Waals surface area contributed by atoms with Crippen molar-refractivity contribution in [2.45, 2.75) is 18.2 Å². The molecule has 0 saturated carbocycles. The molecule has 1 aromatic carbocycles. The number of aromatic nitrogens is 1. The molecule has 0 fully saturated rings. The summed E-state index contributed by atoms with van der Waals surface area (Å²) in [5.74, 6) is -0.714. The molecule has 0 bridgehead atoms. The van der Waals surface area contributed by atoms with E-state index >= 15 is 0 Å². The first kappa shape index (κ1) is 14.3. The van der Waals surface area contributed by atoms with Crippen molar-refractivity contribution in [1.82, 2.24) is 4.98 Å². The number of nitrogens with two attached hydrogens (primary N) is 1. The van der Waals surface area contributed by atoms with Crippen LogP contribution in [0, 0.1) is 5.82 Å². The molecule has 0 amide bonds. The molecule has 0 unspecified atom stereocenters. The highest BCUT2D eigenvalue weighted by Gasteiger charge is 2.15. The van der Waals surface area contributed by atoms with Crippen molar-refractivity contribution < 1.29 is 12.8 Å². The number of rotatable bonds is 4. The number of nitrogens with one attached hydrogen (secondary N) is 1. The molecule has 7 heteroatoms. The van der Waals surface area contributed by atoms with Crippen molar-refractivity contribution in [1.29, 1.82) is 0 Å². The summed E-state index contributed by atoms with van der Waals surface area (Å²) < 4.78 is 39.5. The molecule has 0 spiro atoms. The largest absolute Gasteiger partial charge is 0.398 e.